The SMILES string of the molecule is CC(C)c1cc(C(=O)N2CCN(C3CC3)c3ccccc32)no1. The molecule has 5 nitrogen and oxygen atoms in total. The maximum absolute atomic E-state index is 12.9. The molecule has 23 heavy (non-hydrogen) atoms. The number of aromatic nitrogens is 1. The number of fused-ring (bicyclic) bond motifs is 1. The van der Waals surface area contributed by atoms with E-state index in [1.165, 1.54) is 12.8 Å². The molecule has 120 valence electrons. The Hall–Kier alpha value is -2.30. The normalized spacial score (nSPS) is 17.5. The van der Waals surface area contributed by atoms with Crippen molar-refractivity contribution in [3.63, 3.8) is 0 Å². The molecule has 0 N–H and O–H groups in total. The van der Waals surface area contributed by atoms with Crippen LogP contribution < -0.4 is 9.80 Å². The Balaban J connectivity index is 1.65. The molecule has 1 saturated carbocycles. The lowest BCUT2D eigenvalue weighted by atomic mass is 10.1. The number of carbonyl (C=O) groups excluding carboxylic acids is 1. The molecular weight excluding hydrogens is 290 g/mol. The molecule has 1 aliphatic heterocycles. The van der Waals surface area contributed by atoms with Crippen LogP contribution in [0.15, 0.2) is 34.9 Å². The van der Waals surface area contributed by atoms with Crippen molar-refractivity contribution < 1.29 is 9.32 Å². The fourth-order valence-corrected chi connectivity index (χ4v) is 3.16. The second-order valence-electron chi connectivity index (χ2n) is 6.64. The first-order valence-electron chi connectivity index (χ1n) is 8.29. The second kappa shape index (κ2) is 5.41. The van der Waals surface area contributed by atoms with Crippen LogP contribution >= 0.6 is 0 Å². The minimum absolute atomic E-state index is 0.0800. The van der Waals surface area contributed by atoms with E-state index in [4.69, 9.17) is 4.52 Å². The molecule has 5 heteroatoms. The Morgan fingerprint density at radius 3 is 2.61 bits per heavy atom. The number of anilines is 2. The molecule has 1 amide bonds. The van der Waals surface area contributed by atoms with Gasteiger partial charge in [-0.3, -0.25) is 4.79 Å². The van der Waals surface area contributed by atoms with Gasteiger partial charge < -0.3 is 14.3 Å². The monoisotopic (exact) mass is 311 g/mol. The molecule has 1 aromatic carbocycles. The molecule has 1 aliphatic carbocycles. The van der Waals surface area contributed by atoms with Gasteiger partial charge in [-0.2, -0.15) is 0 Å². The van der Waals surface area contributed by atoms with Gasteiger partial charge in [-0.1, -0.05) is 31.1 Å². The van der Waals surface area contributed by atoms with Crippen LogP contribution in [0.1, 0.15) is 48.9 Å². The highest BCUT2D eigenvalue weighted by Gasteiger charge is 2.36. The lowest BCUT2D eigenvalue weighted by Crippen LogP contribution is -2.45. The minimum atomic E-state index is -0.0800. The van der Waals surface area contributed by atoms with Crippen LogP contribution in [0.5, 0.6) is 0 Å². The Kier molecular flexibility index (Phi) is 3.36. The van der Waals surface area contributed by atoms with Gasteiger partial charge in [0.15, 0.2) is 5.69 Å². The van der Waals surface area contributed by atoms with Crippen LogP contribution in [0.2, 0.25) is 0 Å². The Morgan fingerprint density at radius 2 is 1.96 bits per heavy atom. The van der Waals surface area contributed by atoms with E-state index in [-0.39, 0.29) is 11.8 Å². The number of carbonyl (C=O) groups is 1. The van der Waals surface area contributed by atoms with Crippen molar-refractivity contribution in [3.05, 3.63) is 41.8 Å². The molecule has 0 radical (unpaired) electrons. The number of rotatable bonds is 3. The number of amides is 1. The van der Waals surface area contributed by atoms with Crippen LogP contribution in [0, 0.1) is 0 Å². The average molecular weight is 311 g/mol. The molecule has 0 saturated heterocycles. The zero-order chi connectivity index (χ0) is 16.0. The first-order valence-corrected chi connectivity index (χ1v) is 8.29. The molecule has 4 rings (SSSR count). The summed E-state index contributed by atoms with van der Waals surface area (Å²) < 4.78 is 5.29. The van der Waals surface area contributed by atoms with Crippen molar-refractivity contribution in [1.29, 1.82) is 0 Å². The smallest absolute Gasteiger partial charge is 0.280 e. The summed E-state index contributed by atoms with van der Waals surface area (Å²) in [6.07, 6.45) is 2.51. The summed E-state index contributed by atoms with van der Waals surface area (Å²) in [6.45, 7) is 5.62. The molecular formula is C18H21N3O2. The van der Waals surface area contributed by atoms with Crippen LogP contribution in [0.3, 0.4) is 0 Å². The van der Waals surface area contributed by atoms with Gasteiger partial charge in [0.1, 0.15) is 5.76 Å². The van der Waals surface area contributed by atoms with E-state index in [0.717, 1.165) is 23.7 Å². The maximum Gasteiger partial charge on any atom is 0.280 e. The first-order chi connectivity index (χ1) is 11.1. The molecule has 2 aromatic rings. The van der Waals surface area contributed by atoms with E-state index in [2.05, 4.69) is 16.1 Å². The number of para-hydroxylation sites is 2. The second-order valence-corrected chi connectivity index (χ2v) is 6.64. The van der Waals surface area contributed by atoms with Gasteiger partial charge in [0.2, 0.25) is 0 Å². The quantitative estimate of drug-likeness (QED) is 0.871. The van der Waals surface area contributed by atoms with E-state index in [0.29, 0.717) is 18.3 Å². The molecule has 0 atom stereocenters. The van der Waals surface area contributed by atoms with Crippen molar-refractivity contribution in [2.45, 2.75) is 38.6 Å². The predicted molar refractivity (Wildman–Crippen MR) is 89.1 cm³/mol. The third kappa shape index (κ3) is 2.50. The van der Waals surface area contributed by atoms with E-state index < -0.39 is 0 Å². The minimum Gasteiger partial charge on any atom is -0.365 e. The number of benzene rings is 1. The third-order valence-corrected chi connectivity index (χ3v) is 4.60. The summed E-state index contributed by atoms with van der Waals surface area (Å²) in [5.41, 5.74) is 2.52. The average Bonchev–Trinajstić information content (AvgIpc) is 3.28. The van der Waals surface area contributed by atoms with Crippen LogP contribution in [0.4, 0.5) is 11.4 Å². The lowest BCUT2D eigenvalue weighted by Gasteiger charge is -2.37. The van der Waals surface area contributed by atoms with E-state index >= 15 is 0 Å². The summed E-state index contributed by atoms with van der Waals surface area (Å²) in [5.74, 6) is 0.893. The van der Waals surface area contributed by atoms with Gasteiger partial charge in [-0.05, 0) is 25.0 Å². The number of hydrogen-bond donors (Lipinski definition) is 0. The number of hydrogen-bond acceptors (Lipinski definition) is 4. The lowest BCUT2D eigenvalue weighted by molar-refractivity contribution is 0.0977. The first kappa shape index (κ1) is 14.3. The van der Waals surface area contributed by atoms with Gasteiger partial charge in [0.05, 0.1) is 11.4 Å². The van der Waals surface area contributed by atoms with E-state index in [9.17, 15) is 4.79 Å². The summed E-state index contributed by atoms with van der Waals surface area (Å²) in [4.78, 5) is 17.1. The molecule has 1 fully saturated rings. The predicted octanol–water partition coefficient (Wildman–Crippen LogP) is 3.43. The van der Waals surface area contributed by atoms with Gasteiger partial charge in [0, 0.05) is 31.1 Å². The van der Waals surface area contributed by atoms with Crippen molar-refractivity contribution in [1.82, 2.24) is 5.16 Å². The zero-order valence-electron chi connectivity index (χ0n) is 13.5. The Bertz CT molecular complexity index is 733. The standard InChI is InChI=1S/C18H21N3O2/c1-12(2)17-11-14(19-23-17)18(22)21-10-9-20(13-7-8-13)15-5-3-4-6-16(15)21/h3-6,11-13H,7-10H2,1-2H3. The highest BCUT2D eigenvalue weighted by molar-refractivity contribution is 6.07. The highest BCUT2D eigenvalue weighted by Crippen LogP contribution is 2.40. The summed E-state index contributed by atoms with van der Waals surface area (Å²) >= 11 is 0. The fourth-order valence-electron chi connectivity index (χ4n) is 3.16. The van der Waals surface area contributed by atoms with E-state index in [1.807, 2.05) is 36.9 Å². The Labute approximate surface area is 135 Å². The fraction of sp³-hybridized carbons (Fsp3) is 0.444. The maximum atomic E-state index is 12.9. The topological polar surface area (TPSA) is 49.6 Å². The van der Waals surface area contributed by atoms with Gasteiger partial charge in [0.25, 0.3) is 5.91 Å². The molecule has 0 bridgehead atoms. The molecule has 0 spiro atoms. The van der Waals surface area contributed by atoms with Crippen molar-refractivity contribution >= 4 is 17.3 Å². The zero-order valence-corrected chi connectivity index (χ0v) is 13.5. The number of nitrogens with zero attached hydrogens (tertiary/aromatic N) is 3. The third-order valence-electron chi connectivity index (χ3n) is 4.60. The molecule has 2 aliphatic rings. The van der Waals surface area contributed by atoms with Gasteiger partial charge in [-0.25, -0.2) is 0 Å². The molecule has 2 heterocycles. The van der Waals surface area contributed by atoms with Crippen LogP contribution in [-0.4, -0.2) is 30.2 Å². The van der Waals surface area contributed by atoms with E-state index in [1.54, 1.807) is 6.07 Å². The summed E-state index contributed by atoms with van der Waals surface area (Å²) in [7, 11) is 0. The summed E-state index contributed by atoms with van der Waals surface area (Å²) in [5, 5.41) is 3.97. The van der Waals surface area contributed by atoms with Crippen molar-refractivity contribution in [2.75, 3.05) is 22.9 Å². The molecule has 1 aromatic heterocycles. The van der Waals surface area contributed by atoms with Crippen molar-refractivity contribution in [2.24, 2.45) is 0 Å². The van der Waals surface area contributed by atoms with Gasteiger partial charge >= 0.3 is 0 Å². The Morgan fingerprint density at radius 1 is 1.22 bits per heavy atom. The van der Waals surface area contributed by atoms with Gasteiger partial charge in [-0.15, -0.1) is 0 Å². The molecule has 0 unspecified atom stereocenters. The highest BCUT2D eigenvalue weighted by atomic mass is 16.5. The van der Waals surface area contributed by atoms with Crippen LogP contribution in [-0.2, 0) is 0 Å². The van der Waals surface area contributed by atoms with Crippen molar-refractivity contribution in [3.8, 4) is 0 Å². The van der Waals surface area contributed by atoms with Crippen LogP contribution in [0.25, 0.3) is 0 Å². The summed E-state index contributed by atoms with van der Waals surface area (Å²) in [6, 6.07) is 10.6. The largest absolute Gasteiger partial charge is 0.365 e.